The largest absolute Gasteiger partial charge is 0.484 e. The summed E-state index contributed by atoms with van der Waals surface area (Å²) in [6.07, 6.45) is 0.787. The van der Waals surface area contributed by atoms with Gasteiger partial charge in [-0.05, 0) is 53.8 Å². The molecule has 0 bridgehead atoms. The molecular formula is C20H22FNO2S. The molecule has 0 aromatic heterocycles. The number of halogens is 1. The Hall–Kier alpha value is -2.01. The number of nitrogens with one attached hydrogen (secondary N) is 1. The third-order valence-electron chi connectivity index (χ3n) is 4.24. The Kier molecular flexibility index (Phi) is 5.63. The topological polar surface area (TPSA) is 38.3 Å². The van der Waals surface area contributed by atoms with Gasteiger partial charge in [-0.1, -0.05) is 26.0 Å². The molecule has 3 nitrogen and oxygen atoms in total. The average Bonchev–Trinajstić information content (AvgIpc) is 2.61. The maximum atomic E-state index is 13.5. The fourth-order valence-electron chi connectivity index (χ4n) is 2.86. The Labute approximate surface area is 152 Å². The van der Waals surface area contributed by atoms with Gasteiger partial charge in [-0.15, -0.1) is 11.8 Å². The van der Waals surface area contributed by atoms with Crippen LogP contribution in [-0.2, 0) is 4.79 Å². The van der Waals surface area contributed by atoms with Gasteiger partial charge in [0.1, 0.15) is 11.6 Å². The first-order chi connectivity index (χ1) is 12.0. The van der Waals surface area contributed by atoms with Crippen LogP contribution in [0.25, 0.3) is 0 Å². The van der Waals surface area contributed by atoms with Gasteiger partial charge < -0.3 is 10.1 Å². The maximum absolute atomic E-state index is 13.5. The van der Waals surface area contributed by atoms with Crippen LogP contribution in [0.4, 0.5) is 4.39 Å². The third-order valence-corrected chi connectivity index (χ3v) is 5.36. The van der Waals surface area contributed by atoms with Crippen molar-refractivity contribution in [2.24, 2.45) is 0 Å². The highest BCUT2D eigenvalue weighted by molar-refractivity contribution is 7.99. The predicted octanol–water partition coefficient (Wildman–Crippen LogP) is 4.68. The van der Waals surface area contributed by atoms with E-state index in [0.717, 1.165) is 22.6 Å². The van der Waals surface area contributed by atoms with Crippen molar-refractivity contribution in [2.75, 3.05) is 12.4 Å². The molecule has 1 atom stereocenters. The highest BCUT2D eigenvalue weighted by atomic mass is 32.2. The number of hydrogen-bond donors (Lipinski definition) is 1. The molecule has 0 saturated carbocycles. The molecule has 0 radical (unpaired) electrons. The Morgan fingerprint density at radius 2 is 2.16 bits per heavy atom. The highest BCUT2D eigenvalue weighted by Crippen LogP contribution is 2.36. The van der Waals surface area contributed by atoms with Crippen LogP contribution >= 0.6 is 11.8 Å². The standard InChI is InChI=1S/C20H22FNO2S/c1-13(2)14-4-3-5-16(10-14)24-12-20(23)22-18-8-9-25-19-7-6-15(21)11-17(18)19/h3-7,10-11,13,18H,8-9,12H2,1-2H3,(H,22,23). The van der Waals surface area contributed by atoms with E-state index >= 15 is 0 Å². The Balaban J connectivity index is 1.61. The second kappa shape index (κ2) is 7.91. The maximum Gasteiger partial charge on any atom is 0.258 e. The fourth-order valence-corrected chi connectivity index (χ4v) is 3.97. The first kappa shape index (κ1) is 17.8. The summed E-state index contributed by atoms with van der Waals surface area (Å²) in [7, 11) is 0. The Morgan fingerprint density at radius 3 is 2.96 bits per heavy atom. The molecule has 0 spiro atoms. The van der Waals surface area contributed by atoms with E-state index in [-0.39, 0.29) is 24.4 Å². The molecule has 1 N–H and O–H groups in total. The molecule has 3 rings (SSSR count). The van der Waals surface area contributed by atoms with Crippen molar-refractivity contribution >= 4 is 17.7 Å². The van der Waals surface area contributed by atoms with Crippen LogP contribution in [0.15, 0.2) is 47.4 Å². The number of carbonyl (C=O) groups excluding carboxylic acids is 1. The van der Waals surface area contributed by atoms with Crippen molar-refractivity contribution in [3.8, 4) is 5.75 Å². The van der Waals surface area contributed by atoms with Crippen LogP contribution in [0.3, 0.4) is 0 Å². The van der Waals surface area contributed by atoms with Gasteiger partial charge in [-0.2, -0.15) is 0 Å². The van der Waals surface area contributed by atoms with Gasteiger partial charge in [0, 0.05) is 10.6 Å². The summed E-state index contributed by atoms with van der Waals surface area (Å²) in [5.74, 6) is 1.53. The van der Waals surface area contributed by atoms with Gasteiger partial charge in [-0.3, -0.25) is 4.79 Å². The van der Waals surface area contributed by atoms with Crippen LogP contribution in [0.5, 0.6) is 5.75 Å². The number of hydrogen-bond acceptors (Lipinski definition) is 3. The first-order valence-corrected chi connectivity index (χ1v) is 9.46. The lowest BCUT2D eigenvalue weighted by Gasteiger charge is -2.26. The molecule has 1 aliphatic heterocycles. The SMILES string of the molecule is CC(C)c1cccc(OCC(=O)NC2CCSc3ccc(F)cc32)c1. The monoisotopic (exact) mass is 359 g/mol. The van der Waals surface area contributed by atoms with E-state index in [1.807, 2.05) is 24.3 Å². The fraction of sp³-hybridized carbons (Fsp3) is 0.350. The molecule has 1 amide bonds. The van der Waals surface area contributed by atoms with Gasteiger partial charge in [-0.25, -0.2) is 4.39 Å². The number of benzene rings is 2. The number of rotatable bonds is 5. The Bertz CT molecular complexity index is 763. The summed E-state index contributed by atoms with van der Waals surface area (Å²) in [4.78, 5) is 13.3. The quantitative estimate of drug-likeness (QED) is 0.842. The lowest BCUT2D eigenvalue weighted by Crippen LogP contribution is -2.34. The minimum absolute atomic E-state index is 0.0458. The molecule has 0 saturated heterocycles. The molecule has 0 aliphatic carbocycles. The van der Waals surface area contributed by atoms with E-state index in [4.69, 9.17) is 4.74 Å². The van der Waals surface area contributed by atoms with Crippen molar-refractivity contribution in [2.45, 2.75) is 37.1 Å². The number of amides is 1. The molecular weight excluding hydrogens is 337 g/mol. The second-order valence-corrected chi connectivity index (χ2v) is 7.59. The van der Waals surface area contributed by atoms with E-state index in [0.29, 0.717) is 11.7 Å². The van der Waals surface area contributed by atoms with Crippen molar-refractivity contribution in [1.82, 2.24) is 5.32 Å². The zero-order chi connectivity index (χ0) is 17.8. The van der Waals surface area contributed by atoms with Gasteiger partial charge >= 0.3 is 0 Å². The molecule has 1 unspecified atom stereocenters. The minimum Gasteiger partial charge on any atom is -0.484 e. The van der Waals surface area contributed by atoms with E-state index in [1.54, 1.807) is 17.8 Å². The molecule has 1 aliphatic rings. The van der Waals surface area contributed by atoms with Crippen LogP contribution in [0.2, 0.25) is 0 Å². The molecule has 5 heteroatoms. The third kappa shape index (κ3) is 4.54. The van der Waals surface area contributed by atoms with Crippen LogP contribution < -0.4 is 10.1 Å². The molecule has 25 heavy (non-hydrogen) atoms. The summed E-state index contributed by atoms with van der Waals surface area (Å²) >= 11 is 1.69. The van der Waals surface area contributed by atoms with Gasteiger partial charge in [0.2, 0.25) is 0 Å². The summed E-state index contributed by atoms with van der Waals surface area (Å²) in [6, 6.07) is 12.4. The molecule has 1 heterocycles. The van der Waals surface area contributed by atoms with Crippen LogP contribution in [0, 0.1) is 5.82 Å². The lowest BCUT2D eigenvalue weighted by molar-refractivity contribution is -0.123. The van der Waals surface area contributed by atoms with Gasteiger partial charge in [0.05, 0.1) is 6.04 Å². The summed E-state index contributed by atoms with van der Waals surface area (Å²) in [5, 5.41) is 2.97. The average molecular weight is 359 g/mol. The molecule has 2 aromatic rings. The lowest BCUT2D eigenvalue weighted by atomic mass is 10.0. The number of carbonyl (C=O) groups is 1. The van der Waals surface area contributed by atoms with Crippen molar-refractivity contribution in [3.63, 3.8) is 0 Å². The van der Waals surface area contributed by atoms with E-state index < -0.39 is 0 Å². The van der Waals surface area contributed by atoms with Crippen molar-refractivity contribution in [1.29, 1.82) is 0 Å². The van der Waals surface area contributed by atoms with Gasteiger partial charge in [0.15, 0.2) is 6.61 Å². The van der Waals surface area contributed by atoms with E-state index in [9.17, 15) is 9.18 Å². The van der Waals surface area contributed by atoms with E-state index in [1.165, 1.54) is 17.7 Å². The zero-order valence-corrected chi connectivity index (χ0v) is 15.2. The van der Waals surface area contributed by atoms with Gasteiger partial charge in [0.25, 0.3) is 5.91 Å². The minimum atomic E-state index is -0.276. The normalized spacial score (nSPS) is 16.4. The Morgan fingerprint density at radius 1 is 1.32 bits per heavy atom. The number of ether oxygens (including phenoxy) is 1. The summed E-state index contributed by atoms with van der Waals surface area (Å²) in [5.41, 5.74) is 2.03. The second-order valence-electron chi connectivity index (χ2n) is 6.46. The summed E-state index contributed by atoms with van der Waals surface area (Å²) < 4.78 is 19.2. The summed E-state index contributed by atoms with van der Waals surface area (Å²) in [6.45, 7) is 4.18. The predicted molar refractivity (Wildman–Crippen MR) is 98.7 cm³/mol. The van der Waals surface area contributed by atoms with Crippen molar-refractivity contribution in [3.05, 3.63) is 59.4 Å². The molecule has 2 aromatic carbocycles. The number of thioether (sulfide) groups is 1. The first-order valence-electron chi connectivity index (χ1n) is 8.47. The molecule has 132 valence electrons. The number of fused-ring (bicyclic) bond motifs is 1. The smallest absolute Gasteiger partial charge is 0.258 e. The van der Waals surface area contributed by atoms with Crippen LogP contribution in [0.1, 0.15) is 43.4 Å². The van der Waals surface area contributed by atoms with E-state index in [2.05, 4.69) is 19.2 Å². The molecule has 0 fully saturated rings. The highest BCUT2D eigenvalue weighted by Gasteiger charge is 2.23. The van der Waals surface area contributed by atoms with Crippen LogP contribution in [-0.4, -0.2) is 18.3 Å². The van der Waals surface area contributed by atoms with Crippen molar-refractivity contribution < 1.29 is 13.9 Å². The zero-order valence-electron chi connectivity index (χ0n) is 14.4.